The van der Waals surface area contributed by atoms with Gasteiger partial charge in [-0.2, -0.15) is 0 Å². The fraction of sp³-hybridized carbons (Fsp3) is 0.308. The molecule has 0 fully saturated rings. The van der Waals surface area contributed by atoms with E-state index in [0.717, 1.165) is 41.9 Å². The van der Waals surface area contributed by atoms with E-state index in [-0.39, 0.29) is 0 Å². The third kappa shape index (κ3) is 2.05. The minimum atomic E-state index is 0.665. The first-order valence-corrected chi connectivity index (χ1v) is 6.22. The average molecular weight is 257 g/mol. The lowest BCUT2D eigenvalue weighted by Gasteiger charge is -2.21. The van der Waals surface area contributed by atoms with Crippen LogP contribution in [-0.4, -0.2) is 46.4 Å². The number of hydrogen-bond acceptors (Lipinski definition) is 4. The first-order chi connectivity index (χ1) is 9.31. The molecular formula is C13H15N5O. The third-order valence-electron chi connectivity index (χ3n) is 3.40. The highest BCUT2D eigenvalue weighted by Crippen LogP contribution is 2.26. The van der Waals surface area contributed by atoms with E-state index in [4.69, 9.17) is 0 Å². The van der Waals surface area contributed by atoms with Gasteiger partial charge in [-0.05, 0) is 18.1 Å². The Morgan fingerprint density at radius 2 is 2.37 bits per heavy atom. The summed E-state index contributed by atoms with van der Waals surface area (Å²) in [5.41, 5.74) is 3.10. The smallest absolute Gasteiger partial charge is 0.209 e. The van der Waals surface area contributed by atoms with Gasteiger partial charge in [-0.3, -0.25) is 4.79 Å². The van der Waals surface area contributed by atoms with Gasteiger partial charge in [0.15, 0.2) is 0 Å². The predicted molar refractivity (Wildman–Crippen MR) is 73.7 cm³/mol. The van der Waals surface area contributed by atoms with Gasteiger partial charge in [-0.1, -0.05) is 6.08 Å². The summed E-state index contributed by atoms with van der Waals surface area (Å²) >= 11 is 0. The molecule has 2 aromatic rings. The zero-order valence-corrected chi connectivity index (χ0v) is 10.7. The summed E-state index contributed by atoms with van der Waals surface area (Å²) in [6, 6.07) is 2.06. The Balaban J connectivity index is 1.98. The molecule has 3 heterocycles. The van der Waals surface area contributed by atoms with Gasteiger partial charge in [0.2, 0.25) is 6.41 Å². The molecule has 98 valence electrons. The molecular weight excluding hydrogens is 242 g/mol. The molecule has 0 atom stereocenters. The Bertz CT molecular complexity index is 646. The number of carbonyl (C=O) groups excluding carboxylic acids is 1. The number of fused-ring (bicyclic) bond motifs is 1. The lowest BCUT2D eigenvalue weighted by Crippen LogP contribution is -2.26. The number of H-pyrrole nitrogens is 1. The number of amides is 1. The first kappa shape index (κ1) is 11.7. The van der Waals surface area contributed by atoms with Crippen molar-refractivity contribution in [1.29, 1.82) is 0 Å². The van der Waals surface area contributed by atoms with E-state index in [2.05, 4.69) is 32.4 Å². The fourth-order valence-electron chi connectivity index (χ4n) is 2.34. The summed E-state index contributed by atoms with van der Waals surface area (Å²) in [7, 11) is 1.84. The number of carbonyl (C=O) groups is 1. The minimum Gasteiger partial charge on any atom is -0.372 e. The molecule has 1 aliphatic rings. The van der Waals surface area contributed by atoms with Crippen molar-refractivity contribution in [3.8, 4) is 0 Å². The Morgan fingerprint density at radius 1 is 1.47 bits per heavy atom. The van der Waals surface area contributed by atoms with Crippen molar-refractivity contribution in [3.63, 3.8) is 0 Å². The van der Waals surface area contributed by atoms with E-state index in [1.54, 1.807) is 4.90 Å². The molecule has 0 saturated carbocycles. The number of aromatic amines is 1. The molecule has 2 aromatic heterocycles. The zero-order chi connectivity index (χ0) is 13.2. The second kappa shape index (κ2) is 4.72. The minimum absolute atomic E-state index is 0.665. The molecule has 19 heavy (non-hydrogen) atoms. The largest absolute Gasteiger partial charge is 0.372 e. The summed E-state index contributed by atoms with van der Waals surface area (Å²) in [5, 5.41) is 4.04. The van der Waals surface area contributed by atoms with Crippen LogP contribution in [0.2, 0.25) is 0 Å². The third-order valence-corrected chi connectivity index (χ3v) is 3.40. The fourth-order valence-corrected chi connectivity index (χ4v) is 2.34. The van der Waals surface area contributed by atoms with E-state index in [1.807, 2.05) is 7.05 Å². The van der Waals surface area contributed by atoms with Gasteiger partial charge in [-0.25, -0.2) is 9.97 Å². The topological polar surface area (TPSA) is 73.9 Å². The predicted octanol–water partition coefficient (Wildman–Crippen LogP) is 1.25. The number of rotatable bonds is 3. The van der Waals surface area contributed by atoms with Gasteiger partial charge >= 0.3 is 0 Å². The molecule has 1 aliphatic heterocycles. The Kier molecular flexibility index (Phi) is 2.91. The molecule has 6 heteroatoms. The van der Waals surface area contributed by atoms with Crippen LogP contribution in [0.4, 0.5) is 5.82 Å². The van der Waals surface area contributed by atoms with E-state index >= 15 is 0 Å². The van der Waals surface area contributed by atoms with Gasteiger partial charge < -0.3 is 15.2 Å². The Morgan fingerprint density at radius 3 is 3.05 bits per heavy atom. The maximum atomic E-state index is 10.7. The molecule has 0 aromatic carbocycles. The van der Waals surface area contributed by atoms with E-state index in [9.17, 15) is 4.79 Å². The highest BCUT2D eigenvalue weighted by molar-refractivity contribution is 5.90. The number of nitrogens with zero attached hydrogens (tertiary/aromatic N) is 3. The standard InChI is InChI=1S/C13H15N5O/c1-14-12-10-6-11(17-13(10)16-7-15-12)9-2-4-18(8-19)5-3-9/h2,6-8H,3-5H2,1H3,(H2,14,15,16,17). The van der Waals surface area contributed by atoms with Crippen LogP contribution in [0, 0.1) is 0 Å². The Hall–Kier alpha value is -2.37. The molecule has 0 radical (unpaired) electrons. The van der Waals surface area contributed by atoms with E-state index < -0.39 is 0 Å². The van der Waals surface area contributed by atoms with Gasteiger partial charge in [-0.15, -0.1) is 0 Å². The summed E-state index contributed by atoms with van der Waals surface area (Å²) in [6.45, 7) is 1.42. The number of aromatic nitrogens is 3. The summed E-state index contributed by atoms with van der Waals surface area (Å²) in [5.74, 6) is 0.818. The SMILES string of the molecule is CNc1ncnc2[nH]c(C3=CCN(C=O)CC3)cc12. The van der Waals surface area contributed by atoms with Crippen LogP contribution in [0.5, 0.6) is 0 Å². The van der Waals surface area contributed by atoms with Crippen LogP contribution in [0.15, 0.2) is 18.5 Å². The van der Waals surface area contributed by atoms with Crippen LogP contribution in [0.3, 0.4) is 0 Å². The van der Waals surface area contributed by atoms with Crippen LogP contribution >= 0.6 is 0 Å². The molecule has 0 spiro atoms. The van der Waals surface area contributed by atoms with Crippen molar-refractivity contribution in [1.82, 2.24) is 19.9 Å². The van der Waals surface area contributed by atoms with E-state index in [1.165, 1.54) is 11.9 Å². The summed E-state index contributed by atoms with van der Waals surface area (Å²) in [4.78, 5) is 24.2. The van der Waals surface area contributed by atoms with Crippen molar-refractivity contribution in [2.45, 2.75) is 6.42 Å². The average Bonchev–Trinajstić information content (AvgIpc) is 2.91. The van der Waals surface area contributed by atoms with Crippen molar-refractivity contribution >= 4 is 28.8 Å². The van der Waals surface area contributed by atoms with Crippen molar-refractivity contribution in [2.75, 3.05) is 25.5 Å². The maximum Gasteiger partial charge on any atom is 0.209 e. The quantitative estimate of drug-likeness (QED) is 0.811. The van der Waals surface area contributed by atoms with Gasteiger partial charge in [0, 0.05) is 25.8 Å². The lowest BCUT2D eigenvalue weighted by atomic mass is 10.1. The monoisotopic (exact) mass is 257 g/mol. The zero-order valence-electron chi connectivity index (χ0n) is 10.7. The maximum absolute atomic E-state index is 10.7. The number of hydrogen-bond donors (Lipinski definition) is 2. The molecule has 3 rings (SSSR count). The van der Waals surface area contributed by atoms with Gasteiger partial charge in [0.05, 0.1) is 5.39 Å². The van der Waals surface area contributed by atoms with Gasteiger partial charge in [0.1, 0.15) is 17.8 Å². The molecule has 0 unspecified atom stereocenters. The van der Waals surface area contributed by atoms with Crippen LogP contribution in [0.25, 0.3) is 16.6 Å². The van der Waals surface area contributed by atoms with Crippen molar-refractivity contribution in [3.05, 3.63) is 24.2 Å². The number of anilines is 1. The van der Waals surface area contributed by atoms with Crippen molar-refractivity contribution in [2.24, 2.45) is 0 Å². The molecule has 0 bridgehead atoms. The molecule has 0 aliphatic carbocycles. The first-order valence-electron chi connectivity index (χ1n) is 6.22. The molecule has 0 saturated heterocycles. The van der Waals surface area contributed by atoms with Crippen LogP contribution in [0.1, 0.15) is 12.1 Å². The van der Waals surface area contributed by atoms with Crippen molar-refractivity contribution < 1.29 is 4.79 Å². The lowest BCUT2D eigenvalue weighted by molar-refractivity contribution is -0.117. The Labute approximate surface area is 110 Å². The second-order valence-electron chi connectivity index (χ2n) is 4.50. The second-order valence-corrected chi connectivity index (χ2v) is 4.50. The normalized spacial score (nSPS) is 15.4. The summed E-state index contributed by atoms with van der Waals surface area (Å²) in [6.07, 6.45) is 5.36. The van der Waals surface area contributed by atoms with Gasteiger partial charge in [0.25, 0.3) is 0 Å². The highest BCUT2D eigenvalue weighted by Gasteiger charge is 2.14. The summed E-state index contributed by atoms with van der Waals surface area (Å²) < 4.78 is 0. The highest BCUT2D eigenvalue weighted by atomic mass is 16.1. The number of nitrogens with one attached hydrogen (secondary N) is 2. The molecule has 1 amide bonds. The van der Waals surface area contributed by atoms with Crippen LogP contribution in [-0.2, 0) is 4.79 Å². The van der Waals surface area contributed by atoms with E-state index in [0.29, 0.717) is 6.54 Å². The van der Waals surface area contributed by atoms with Crippen LogP contribution < -0.4 is 5.32 Å². The molecule has 6 nitrogen and oxygen atoms in total. The molecule has 2 N–H and O–H groups in total.